The van der Waals surface area contributed by atoms with Crippen LogP contribution in [-0.4, -0.2) is 15.5 Å². The first-order valence-electron chi connectivity index (χ1n) is 3.52. The number of carboxylic acid groups (broad SMARTS) is 1. The van der Waals surface area contributed by atoms with Crippen molar-refractivity contribution in [3.8, 4) is 0 Å². The first kappa shape index (κ1) is 8.30. The molecule has 10 heavy (non-hydrogen) atoms. The minimum atomic E-state index is -0.604. The molecule has 1 saturated carbocycles. The molecule has 0 spiro atoms. The minimum Gasteiger partial charge on any atom is -0.481 e. The number of carboxylic acids is 1. The lowest BCUT2D eigenvalue weighted by Crippen LogP contribution is -2.09. The molecule has 2 unspecified atom stereocenters. The van der Waals surface area contributed by atoms with Crippen LogP contribution in [0.5, 0.6) is 0 Å². The van der Waals surface area contributed by atoms with E-state index in [9.17, 15) is 4.79 Å². The van der Waals surface area contributed by atoms with Gasteiger partial charge in [0.2, 0.25) is 0 Å². The predicted molar refractivity (Wildman–Crippen MR) is 47.4 cm³/mol. The number of hydrogen-bond acceptors (Lipinski definition) is 1. The van der Waals surface area contributed by atoms with Crippen LogP contribution in [0, 0.1) is 11.8 Å². The Morgan fingerprint density at radius 3 is 2.60 bits per heavy atom. The summed E-state index contributed by atoms with van der Waals surface area (Å²) in [5, 5.41) is 8.62. The van der Waals surface area contributed by atoms with Gasteiger partial charge in [0.25, 0.3) is 0 Å². The molecule has 2 atom stereocenters. The van der Waals surface area contributed by atoms with E-state index in [-0.39, 0.29) is 5.92 Å². The maximum absolute atomic E-state index is 10.5. The molecule has 0 radical (unpaired) electrons. The van der Waals surface area contributed by atoms with Crippen LogP contribution >= 0.6 is 22.6 Å². The van der Waals surface area contributed by atoms with E-state index in [0.717, 1.165) is 23.7 Å². The first-order valence-corrected chi connectivity index (χ1v) is 5.05. The summed E-state index contributed by atoms with van der Waals surface area (Å²) < 4.78 is 1.11. The van der Waals surface area contributed by atoms with Crippen molar-refractivity contribution in [2.24, 2.45) is 11.8 Å². The quantitative estimate of drug-likeness (QED) is 0.603. The molecule has 1 aliphatic carbocycles. The van der Waals surface area contributed by atoms with Crippen molar-refractivity contribution in [2.45, 2.75) is 19.3 Å². The van der Waals surface area contributed by atoms with Crippen LogP contribution in [0.4, 0.5) is 0 Å². The monoisotopic (exact) mass is 254 g/mol. The first-order chi connectivity index (χ1) is 4.74. The molecule has 1 fully saturated rings. The van der Waals surface area contributed by atoms with Crippen molar-refractivity contribution in [2.75, 3.05) is 4.43 Å². The molecule has 0 bridgehead atoms. The molecule has 1 N–H and O–H groups in total. The molecule has 0 aromatic rings. The van der Waals surface area contributed by atoms with Gasteiger partial charge in [-0.3, -0.25) is 4.79 Å². The van der Waals surface area contributed by atoms with E-state index >= 15 is 0 Å². The molecule has 0 aliphatic heterocycles. The molecule has 0 saturated heterocycles. The zero-order valence-corrected chi connectivity index (χ0v) is 7.87. The van der Waals surface area contributed by atoms with Crippen LogP contribution in [0.2, 0.25) is 0 Å². The summed E-state index contributed by atoms with van der Waals surface area (Å²) >= 11 is 2.33. The highest BCUT2D eigenvalue weighted by atomic mass is 127. The van der Waals surface area contributed by atoms with Gasteiger partial charge in [-0.2, -0.15) is 0 Å². The summed E-state index contributed by atoms with van der Waals surface area (Å²) in [6.07, 6.45) is 2.90. The van der Waals surface area contributed by atoms with Crippen LogP contribution in [-0.2, 0) is 4.79 Å². The lowest BCUT2D eigenvalue weighted by Gasteiger charge is -2.02. The van der Waals surface area contributed by atoms with Gasteiger partial charge < -0.3 is 5.11 Å². The van der Waals surface area contributed by atoms with Crippen LogP contribution in [0.1, 0.15) is 19.3 Å². The smallest absolute Gasteiger partial charge is 0.306 e. The van der Waals surface area contributed by atoms with E-state index in [0.29, 0.717) is 5.92 Å². The van der Waals surface area contributed by atoms with E-state index in [1.165, 1.54) is 0 Å². The van der Waals surface area contributed by atoms with Gasteiger partial charge in [0.15, 0.2) is 0 Å². The fourth-order valence-electron chi connectivity index (χ4n) is 1.44. The lowest BCUT2D eigenvalue weighted by molar-refractivity contribution is -0.141. The third kappa shape index (κ3) is 1.84. The van der Waals surface area contributed by atoms with Crippen molar-refractivity contribution in [3.05, 3.63) is 0 Å². The average molecular weight is 254 g/mol. The van der Waals surface area contributed by atoms with Crippen molar-refractivity contribution < 1.29 is 9.90 Å². The third-order valence-corrected chi connectivity index (χ3v) is 3.35. The Balaban J connectivity index is 2.35. The second kappa shape index (κ2) is 3.55. The van der Waals surface area contributed by atoms with Gasteiger partial charge in [0.1, 0.15) is 0 Å². The summed E-state index contributed by atoms with van der Waals surface area (Å²) in [5.41, 5.74) is 0. The van der Waals surface area contributed by atoms with Gasteiger partial charge in [-0.05, 0) is 25.2 Å². The Hall–Kier alpha value is 0.200. The van der Waals surface area contributed by atoms with E-state index < -0.39 is 5.97 Å². The summed E-state index contributed by atoms with van der Waals surface area (Å²) in [6, 6.07) is 0. The van der Waals surface area contributed by atoms with E-state index in [2.05, 4.69) is 22.6 Å². The largest absolute Gasteiger partial charge is 0.481 e. The molecule has 1 rings (SSSR count). The molecular formula is C7H11IO2. The maximum Gasteiger partial charge on any atom is 0.306 e. The molecule has 1 aliphatic rings. The second-order valence-electron chi connectivity index (χ2n) is 2.87. The lowest BCUT2D eigenvalue weighted by atomic mass is 10.1. The van der Waals surface area contributed by atoms with E-state index in [1.54, 1.807) is 0 Å². The Morgan fingerprint density at radius 2 is 2.30 bits per heavy atom. The normalized spacial score (nSPS) is 32.5. The highest BCUT2D eigenvalue weighted by Crippen LogP contribution is 2.31. The standard InChI is InChI=1S/C7H11IO2/c8-4-5-1-2-6(3-5)7(9)10/h5-6H,1-4H2,(H,9,10). The minimum absolute atomic E-state index is 0.0419. The van der Waals surface area contributed by atoms with Gasteiger partial charge in [-0.15, -0.1) is 0 Å². The maximum atomic E-state index is 10.5. The molecule has 0 heterocycles. The SMILES string of the molecule is O=C(O)C1CCC(CI)C1. The highest BCUT2D eigenvalue weighted by Gasteiger charge is 2.28. The second-order valence-corrected chi connectivity index (χ2v) is 3.75. The molecular weight excluding hydrogens is 243 g/mol. The van der Waals surface area contributed by atoms with Crippen molar-refractivity contribution in [1.29, 1.82) is 0 Å². The van der Waals surface area contributed by atoms with Gasteiger partial charge >= 0.3 is 5.97 Å². The van der Waals surface area contributed by atoms with Crippen LogP contribution < -0.4 is 0 Å². The van der Waals surface area contributed by atoms with Crippen LogP contribution in [0.25, 0.3) is 0 Å². The average Bonchev–Trinajstić information content (AvgIpc) is 2.34. The van der Waals surface area contributed by atoms with E-state index in [4.69, 9.17) is 5.11 Å². The topological polar surface area (TPSA) is 37.3 Å². The molecule has 0 aromatic heterocycles. The van der Waals surface area contributed by atoms with Gasteiger partial charge in [-0.1, -0.05) is 22.6 Å². The van der Waals surface area contributed by atoms with Crippen LogP contribution in [0.3, 0.4) is 0 Å². The summed E-state index contributed by atoms with van der Waals surface area (Å²) in [7, 11) is 0. The zero-order chi connectivity index (χ0) is 7.56. The number of rotatable bonds is 2. The molecule has 58 valence electrons. The fourth-order valence-corrected chi connectivity index (χ4v) is 2.24. The summed E-state index contributed by atoms with van der Waals surface area (Å²) in [5.74, 6) is 0.0221. The molecule has 0 aromatic carbocycles. The number of carbonyl (C=O) groups is 1. The molecule has 0 amide bonds. The number of halogens is 1. The fraction of sp³-hybridized carbons (Fsp3) is 0.857. The molecule has 3 heteroatoms. The Bertz CT molecular complexity index is 136. The summed E-state index contributed by atoms with van der Waals surface area (Å²) in [6.45, 7) is 0. The predicted octanol–water partition coefficient (Wildman–Crippen LogP) is 1.92. The Labute approximate surface area is 74.1 Å². The third-order valence-electron chi connectivity index (χ3n) is 2.11. The Morgan fingerprint density at radius 1 is 1.60 bits per heavy atom. The van der Waals surface area contributed by atoms with Gasteiger partial charge in [0, 0.05) is 4.43 Å². The summed E-state index contributed by atoms with van der Waals surface area (Å²) in [4.78, 5) is 10.5. The van der Waals surface area contributed by atoms with Crippen LogP contribution in [0.15, 0.2) is 0 Å². The van der Waals surface area contributed by atoms with Crippen molar-refractivity contribution in [3.63, 3.8) is 0 Å². The van der Waals surface area contributed by atoms with Gasteiger partial charge in [-0.25, -0.2) is 0 Å². The number of hydrogen-bond donors (Lipinski definition) is 1. The molecule has 2 nitrogen and oxygen atoms in total. The zero-order valence-electron chi connectivity index (χ0n) is 5.72. The number of alkyl halides is 1. The van der Waals surface area contributed by atoms with Crippen molar-refractivity contribution >= 4 is 28.6 Å². The van der Waals surface area contributed by atoms with Crippen molar-refractivity contribution in [1.82, 2.24) is 0 Å². The Kier molecular flexibility index (Phi) is 2.95. The number of aliphatic carboxylic acids is 1. The van der Waals surface area contributed by atoms with Gasteiger partial charge in [0.05, 0.1) is 5.92 Å². The van der Waals surface area contributed by atoms with E-state index in [1.807, 2.05) is 0 Å². The highest BCUT2D eigenvalue weighted by molar-refractivity contribution is 14.1.